The van der Waals surface area contributed by atoms with E-state index < -0.39 is 23.5 Å². The fraction of sp³-hybridized carbons (Fsp3) is 0.130. The minimum absolute atomic E-state index is 0.0980. The van der Waals surface area contributed by atoms with E-state index in [1.54, 1.807) is 56.3 Å². The molecule has 0 bridgehead atoms. The summed E-state index contributed by atoms with van der Waals surface area (Å²) in [5.41, 5.74) is 0.974. The minimum atomic E-state index is -0.934. The number of Topliss-reactive ketones (excluding diaryl/α,β-unsaturated/α-hetero) is 1. The summed E-state index contributed by atoms with van der Waals surface area (Å²) < 4.78 is 19.4. The van der Waals surface area contributed by atoms with Crippen LogP contribution in [0, 0.1) is 19.7 Å². The van der Waals surface area contributed by atoms with E-state index in [9.17, 15) is 19.1 Å². The summed E-state index contributed by atoms with van der Waals surface area (Å²) in [5, 5.41) is 10.9. The van der Waals surface area contributed by atoms with Crippen molar-refractivity contribution in [3.63, 3.8) is 0 Å². The van der Waals surface area contributed by atoms with Crippen LogP contribution < -0.4 is 4.90 Å². The highest BCUT2D eigenvalue weighted by atomic mass is 19.1. The molecule has 1 saturated heterocycles. The highest BCUT2D eigenvalue weighted by Crippen LogP contribution is 2.42. The van der Waals surface area contributed by atoms with Gasteiger partial charge in [-0.1, -0.05) is 18.2 Å². The standard InChI is InChI=1S/C23H18FNO4/c1-13-12-15(9-10-17(13)24)21(26)19-20(18-11-8-14(2)29-18)25(23(28)22(19)27)16-6-4-3-5-7-16/h3-12,20,26H,1-2H3/b21-19-. The van der Waals surface area contributed by atoms with Crippen LogP contribution >= 0.6 is 0 Å². The molecule has 0 aliphatic carbocycles. The van der Waals surface area contributed by atoms with Gasteiger partial charge in [0.2, 0.25) is 0 Å². The Morgan fingerprint density at radius 3 is 2.38 bits per heavy atom. The Morgan fingerprint density at radius 1 is 1.03 bits per heavy atom. The van der Waals surface area contributed by atoms with Crippen LogP contribution in [0.5, 0.6) is 0 Å². The number of carbonyl (C=O) groups excluding carboxylic acids is 2. The van der Waals surface area contributed by atoms with Gasteiger partial charge in [-0.3, -0.25) is 14.5 Å². The summed E-state index contributed by atoms with van der Waals surface area (Å²) >= 11 is 0. The summed E-state index contributed by atoms with van der Waals surface area (Å²) in [6, 6.07) is 15.2. The van der Waals surface area contributed by atoms with Crippen LogP contribution in [0.15, 0.2) is 70.7 Å². The molecule has 0 radical (unpaired) electrons. The number of ketones is 1. The van der Waals surface area contributed by atoms with Gasteiger partial charge in [0.05, 0.1) is 5.57 Å². The van der Waals surface area contributed by atoms with Crippen LogP contribution in [-0.4, -0.2) is 16.8 Å². The van der Waals surface area contributed by atoms with E-state index in [4.69, 9.17) is 4.42 Å². The summed E-state index contributed by atoms with van der Waals surface area (Å²) in [5.74, 6) is -1.43. The van der Waals surface area contributed by atoms with Gasteiger partial charge < -0.3 is 9.52 Å². The van der Waals surface area contributed by atoms with Gasteiger partial charge in [-0.2, -0.15) is 0 Å². The highest BCUT2D eigenvalue weighted by molar-refractivity contribution is 6.51. The smallest absolute Gasteiger partial charge is 0.300 e. The topological polar surface area (TPSA) is 70.8 Å². The fourth-order valence-electron chi connectivity index (χ4n) is 3.50. The van der Waals surface area contributed by atoms with Crippen molar-refractivity contribution < 1.29 is 23.5 Å². The Balaban J connectivity index is 1.94. The zero-order valence-electron chi connectivity index (χ0n) is 15.8. The molecule has 0 spiro atoms. The van der Waals surface area contributed by atoms with Gasteiger partial charge >= 0.3 is 0 Å². The van der Waals surface area contributed by atoms with E-state index in [1.807, 2.05) is 0 Å². The van der Waals surface area contributed by atoms with Crippen LogP contribution in [0.25, 0.3) is 5.76 Å². The van der Waals surface area contributed by atoms with E-state index in [2.05, 4.69) is 0 Å². The van der Waals surface area contributed by atoms with Crippen LogP contribution in [0.3, 0.4) is 0 Å². The minimum Gasteiger partial charge on any atom is -0.507 e. The molecule has 2 heterocycles. The summed E-state index contributed by atoms with van der Waals surface area (Å²) in [6.45, 7) is 3.31. The molecule has 1 unspecified atom stereocenters. The molecule has 1 fully saturated rings. The number of rotatable bonds is 3. The van der Waals surface area contributed by atoms with E-state index >= 15 is 0 Å². The molecule has 1 aliphatic rings. The summed E-state index contributed by atoms with van der Waals surface area (Å²) in [7, 11) is 0. The van der Waals surface area contributed by atoms with E-state index in [-0.39, 0.29) is 16.9 Å². The molecular formula is C23H18FNO4. The van der Waals surface area contributed by atoms with E-state index in [0.29, 0.717) is 22.8 Å². The number of para-hydroxylation sites is 1. The molecule has 6 heteroatoms. The average Bonchev–Trinajstić information content (AvgIpc) is 3.25. The lowest BCUT2D eigenvalue weighted by atomic mass is 9.98. The number of anilines is 1. The maximum Gasteiger partial charge on any atom is 0.300 e. The number of amides is 1. The normalized spacial score (nSPS) is 18.4. The maximum absolute atomic E-state index is 13.7. The van der Waals surface area contributed by atoms with Crippen LogP contribution in [-0.2, 0) is 9.59 Å². The lowest BCUT2D eigenvalue weighted by Crippen LogP contribution is -2.29. The molecule has 1 aromatic heterocycles. The Labute approximate surface area is 166 Å². The van der Waals surface area contributed by atoms with Crippen LogP contribution in [0.1, 0.15) is 28.7 Å². The van der Waals surface area contributed by atoms with Crippen molar-refractivity contribution in [2.75, 3.05) is 4.90 Å². The number of aliphatic hydroxyl groups excluding tert-OH is 1. The number of hydrogen-bond donors (Lipinski definition) is 1. The zero-order chi connectivity index (χ0) is 20.7. The van der Waals surface area contributed by atoms with Gasteiger partial charge in [0, 0.05) is 11.3 Å². The molecule has 146 valence electrons. The number of benzene rings is 2. The number of aryl methyl sites for hydroxylation is 2. The Hall–Kier alpha value is -3.67. The van der Waals surface area contributed by atoms with Crippen molar-refractivity contribution in [1.82, 2.24) is 0 Å². The zero-order valence-corrected chi connectivity index (χ0v) is 15.8. The third kappa shape index (κ3) is 3.12. The number of hydrogen-bond acceptors (Lipinski definition) is 4. The molecule has 2 aromatic carbocycles. The second-order valence-electron chi connectivity index (χ2n) is 6.92. The Morgan fingerprint density at radius 2 is 1.76 bits per heavy atom. The fourth-order valence-corrected chi connectivity index (χ4v) is 3.50. The lowest BCUT2D eigenvalue weighted by Gasteiger charge is -2.23. The quantitative estimate of drug-likeness (QED) is 0.400. The molecule has 5 nitrogen and oxygen atoms in total. The van der Waals surface area contributed by atoms with Crippen LogP contribution in [0.2, 0.25) is 0 Å². The van der Waals surface area contributed by atoms with Gasteiger partial charge in [0.25, 0.3) is 11.7 Å². The third-order valence-corrected chi connectivity index (χ3v) is 4.94. The predicted octanol–water partition coefficient (Wildman–Crippen LogP) is 4.66. The van der Waals surface area contributed by atoms with Crippen molar-refractivity contribution >= 4 is 23.1 Å². The second kappa shape index (κ2) is 7.05. The maximum atomic E-state index is 13.7. The van der Waals surface area contributed by atoms with Gasteiger partial charge in [0.15, 0.2) is 0 Å². The SMILES string of the molecule is Cc1ccc(C2/C(=C(/O)c3ccc(F)c(C)c3)C(=O)C(=O)N2c2ccccc2)o1. The molecule has 1 amide bonds. The number of aliphatic hydroxyl groups is 1. The second-order valence-corrected chi connectivity index (χ2v) is 6.92. The first-order valence-corrected chi connectivity index (χ1v) is 9.07. The van der Waals surface area contributed by atoms with E-state index in [0.717, 1.165) is 0 Å². The molecule has 1 aliphatic heterocycles. The van der Waals surface area contributed by atoms with Crippen molar-refractivity contribution in [3.8, 4) is 0 Å². The van der Waals surface area contributed by atoms with E-state index in [1.165, 1.54) is 23.1 Å². The van der Waals surface area contributed by atoms with Gasteiger partial charge in [0.1, 0.15) is 29.1 Å². The highest BCUT2D eigenvalue weighted by Gasteiger charge is 2.48. The summed E-state index contributed by atoms with van der Waals surface area (Å²) in [6.07, 6.45) is 0. The molecule has 4 rings (SSSR count). The van der Waals surface area contributed by atoms with Gasteiger partial charge in [-0.25, -0.2) is 4.39 Å². The van der Waals surface area contributed by atoms with Crippen LogP contribution in [0.4, 0.5) is 10.1 Å². The molecule has 3 aromatic rings. The predicted molar refractivity (Wildman–Crippen MR) is 106 cm³/mol. The number of nitrogens with zero attached hydrogens (tertiary/aromatic N) is 1. The lowest BCUT2D eigenvalue weighted by molar-refractivity contribution is -0.132. The third-order valence-electron chi connectivity index (χ3n) is 4.94. The first-order valence-electron chi connectivity index (χ1n) is 9.07. The van der Waals surface area contributed by atoms with Crippen molar-refractivity contribution in [2.24, 2.45) is 0 Å². The number of furan rings is 1. The van der Waals surface area contributed by atoms with Crippen molar-refractivity contribution in [1.29, 1.82) is 0 Å². The molecule has 1 atom stereocenters. The average molecular weight is 391 g/mol. The van der Waals surface area contributed by atoms with Crippen molar-refractivity contribution in [3.05, 3.63) is 94.7 Å². The number of halogens is 1. The first kappa shape index (κ1) is 18.7. The van der Waals surface area contributed by atoms with Gasteiger partial charge in [-0.05, 0) is 61.9 Å². The molecule has 29 heavy (non-hydrogen) atoms. The number of carbonyl (C=O) groups is 2. The van der Waals surface area contributed by atoms with Crippen molar-refractivity contribution in [2.45, 2.75) is 19.9 Å². The summed E-state index contributed by atoms with van der Waals surface area (Å²) in [4.78, 5) is 27.1. The monoisotopic (exact) mass is 391 g/mol. The Bertz CT molecular complexity index is 1150. The molecule has 0 saturated carbocycles. The molecular weight excluding hydrogens is 373 g/mol. The first-order chi connectivity index (χ1) is 13.9. The largest absolute Gasteiger partial charge is 0.507 e. The van der Waals surface area contributed by atoms with Gasteiger partial charge in [-0.15, -0.1) is 0 Å². The Kier molecular flexibility index (Phi) is 4.54. The molecule has 1 N–H and O–H groups in total.